The summed E-state index contributed by atoms with van der Waals surface area (Å²) in [5.41, 5.74) is 0. The van der Waals surface area contributed by atoms with Crippen LogP contribution in [0.5, 0.6) is 0 Å². The Kier molecular flexibility index (Phi) is 3.50. The lowest BCUT2D eigenvalue weighted by Gasteiger charge is -2.07. The first-order chi connectivity index (χ1) is 8.76. The van der Waals surface area contributed by atoms with Crippen LogP contribution in [0.1, 0.15) is 30.5 Å². The minimum absolute atomic E-state index is 0.268. The highest BCUT2D eigenvalue weighted by molar-refractivity contribution is 7.18. The largest absolute Gasteiger partial charge is 0.378 e. The number of ether oxygens (including phenoxy) is 1. The molecule has 0 radical (unpaired) electrons. The number of nitrogens with zero attached hydrogens (tertiary/aromatic N) is 2. The van der Waals surface area contributed by atoms with Gasteiger partial charge in [-0.15, -0.1) is 11.3 Å². The maximum absolute atomic E-state index is 6.23. The molecule has 18 heavy (non-hydrogen) atoms. The van der Waals surface area contributed by atoms with E-state index in [1.807, 2.05) is 0 Å². The Labute approximate surface area is 115 Å². The van der Waals surface area contributed by atoms with E-state index >= 15 is 0 Å². The van der Waals surface area contributed by atoms with Crippen molar-refractivity contribution in [2.45, 2.75) is 38.7 Å². The van der Waals surface area contributed by atoms with Crippen molar-refractivity contribution in [3.8, 4) is 0 Å². The fourth-order valence-corrected chi connectivity index (χ4v) is 3.54. The van der Waals surface area contributed by atoms with Gasteiger partial charge in [0, 0.05) is 23.3 Å². The van der Waals surface area contributed by atoms with Crippen LogP contribution in [-0.2, 0) is 17.6 Å². The van der Waals surface area contributed by atoms with Crippen molar-refractivity contribution in [3.05, 3.63) is 21.9 Å². The van der Waals surface area contributed by atoms with E-state index in [4.69, 9.17) is 16.3 Å². The van der Waals surface area contributed by atoms with Gasteiger partial charge in [0.05, 0.1) is 6.10 Å². The molecule has 0 amide bonds. The predicted molar refractivity (Wildman–Crippen MR) is 74.5 cm³/mol. The Morgan fingerprint density at radius 1 is 1.50 bits per heavy atom. The van der Waals surface area contributed by atoms with Crippen molar-refractivity contribution >= 4 is 33.2 Å². The first-order valence-corrected chi connectivity index (χ1v) is 7.52. The second kappa shape index (κ2) is 5.11. The first kappa shape index (κ1) is 12.3. The van der Waals surface area contributed by atoms with Crippen LogP contribution < -0.4 is 0 Å². The normalized spacial score (nSPS) is 19.8. The minimum atomic E-state index is 0.268. The Hall–Kier alpha value is -0.710. The van der Waals surface area contributed by atoms with Crippen LogP contribution in [-0.4, -0.2) is 22.7 Å². The molecule has 1 fully saturated rings. The molecule has 1 aliphatic rings. The molecule has 0 saturated carbocycles. The summed E-state index contributed by atoms with van der Waals surface area (Å²) in [6, 6.07) is 2.10. The van der Waals surface area contributed by atoms with Crippen molar-refractivity contribution < 1.29 is 4.74 Å². The van der Waals surface area contributed by atoms with Crippen molar-refractivity contribution in [2.24, 2.45) is 0 Å². The Balaban J connectivity index is 1.92. The van der Waals surface area contributed by atoms with Crippen LogP contribution in [0.3, 0.4) is 0 Å². The maximum Gasteiger partial charge on any atom is 0.141 e. The molecule has 5 heteroatoms. The Morgan fingerprint density at radius 2 is 2.39 bits per heavy atom. The number of thiophene rings is 1. The molecular weight excluding hydrogens is 268 g/mol. The lowest BCUT2D eigenvalue weighted by atomic mass is 10.2. The molecule has 0 bridgehead atoms. The van der Waals surface area contributed by atoms with E-state index in [1.54, 1.807) is 11.3 Å². The summed E-state index contributed by atoms with van der Waals surface area (Å²) in [7, 11) is 0. The first-order valence-electron chi connectivity index (χ1n) is 6.32. The van der Waals surface area contributed by atoms with Gasteiger partial charge in [-0.1, -0.05) is 18.5 Å². The highest BCUT2D eigenvalue weighted by Crippen LogP contribution is 2.29. The fraction of sp³-hybridized carbons (Fsp3) is 0.538. The Morgan fingerprint density at radius 3 is 3.11 bits per heavy atom. The summed E-state index contributed by atoms with van der Waals surface area (Å²) in [6.07, 6.45) is 4.29. The predicted octanol–water partition coefficient (Wildman–Crippen LogP) is 3.63. The average molecular weight is 283 g/mol. The van der Waals surface area contributed by atoms with Gasteiger partial charge in [-0.3, -0.25) is 0 Å². The number of fused-ring (bicyclic) bond motifs is 1. The van der Waals surface area contributed by atoms with Crippen LogP contribution in [0.25, 0.3) is 10.2 Å². The zero-order chi connectivity index (χ0) is 12.5. The van der Waals surface area contributed by atoms with Crippen molar-refractivity contribution in [1.29, 1.82) is 0 Å². The van der Waals surface area contributed by atoms with Gasteiger partial charge in [0.2, 0.25) is 0 Å². The van der Waals surface area contributed by atoms with Gasteiger partial charge in [0.15, 0.2) is 0 Å². The zero-order valence-corrected chi connectivity index (χ0v) is 11.9. The van der Waals surface area contributed by atoms with Gasteiger partial charge in [-0.25, -0.2) is 9.97 Å². The molecule has 1 saturated heterocycles. The summed E-state index contributed by atoms with van der Waals surface area (Å²) in [5.74, 6) is 0.809. The van der Waals surface area contributed by atoms with Gasteiger partial charge in [-0.2, -0.15) is 0 Å². The number of rotatable bonds is 3. The lowest BCUT2D eigenvalue weighted by molar-refractivity contribution is 0.110. The number of aryl methyl sites for hydroxylation is 1. The third kappa shape index (κ3) is 2.37. The molecule has 0 spiro atoms. The average Bonchev–Trinajstić information content (AvgIpc) is 2.97. The smallest absolute Gasteiger partial charge is 0.141 e. The minimum Gasteiger partial charge on any atom is -0.378 e. The Bertz CT molecular complexity index is 563. The van der Waals surface area contributed by atoms with Crippen molar-refractivity contribution in [2.75, 3.05) is 6.61 Å². The second-order valence-electron chi connectivity index (χ2n) is 4.55. The van der Waals surface area contributed by atoms with Gasteiger partial charge in [0.1, 0.15) is 15.8 Å². The molecule has 0 aromatic carbocycles. The van der Waals surface area contributed by atoms with Crippen LogP contribution in [0.2, 0.25) is 5.15 Å². The fourth-order valence-electron chi connectivity index (χ4n) is 2.25. The van der Waals surface area contributed by atoms with Crippen LogP contribution >= 0.6 is 22.9 Å². The summed E-state index contributed by atoms with van der Waals surface area (Å²) < 4.78 is 5.62. The number of hydrogen-bond donors (Lipinski definition) is 0. The van der Waals surface area contributed by atoms with Crippen LogP contribution in [0.4, 0.5) is 0 Å². The molecular formula is C13H15ClN2OS. The van der Waals surface area contributed by atoms with Crippen molar-refractivity contribution in [1.82, 2.24) is 9.97 Å². The number of hydrogen-bond acceptors (Lipinski definition) is 4. The molecule has 1 aliphatic heterocycles. The highest BCUT2D eigenvalue weighted by Gasteiger charge is 2.18. The lowest BCUT2D eigenvalue weighted by Crippen LogP contribution is -2.11. The molecule has 1 unspecified atom stereocenters. The molecule has 0 N–H and O–H groups in total. The van der Waals surface area contributed by atoms with Crippen molar-refractivity contribution in [3.63, 3.8) is 0 Å². The summed E-state index contributed by atoms with van der Waals surface area (Å²) >= 11 is 7.94. The van der Waals surface area contributed by atoms with E-state index in [2.05, 4.69) is 23.0 Å². The van der Waals surface area contributed by atoms with Crippen LogP contribution in [0, 0.1) is 0 Å². The molecule has 2 aromatic heterocycles. The second-order valence-corrected chi connectivity index (χ2v) is 6.03. The van der Waals surface area contributed by atoms with E-state index in [1.165, 1.54) is 4.88 Å². The molecule has 3 nitrogen and oxygen atoms in total. The molecule has 2 aromatic rings. The van der Waals surface area contributed by atoms with E-state index < -0.39 is 0 Å². The highest BCUT2D eigenvalue weighted by atomic mass is 35.5. The molecule has 0 aliphatic carbocycles. The molecule has 1 atom stereocenters. The molecule has 3 rings (SSSR count). The summed E-state index contributed by atoms with van der Waals surface area (Å²) in [4.78, 5) is 11.3. The topological polar surface area (TPSA) is 35.0 Å². The van der Waals surface area contributed by atoms with Gasteiger partial charge < -0.3 is 4.74 Å². The van der Waals surface area contributed by atoms with E-state index in [-0.39, 0.29) is 6.10 Å². The van der Waals surface area contributed by atoms with Gasteiger partial charge in [-0.05, 0) is 25.3 Å². The number of aromatic nitrogens is 2. The summed E-state index contributed by atoms with van der Waals surface area (Å²) in [5, 5.41) is 1.55. The number of halogens is 1. The van der Waals surface area contributed by atoms with Gasteiger partial charge in [0.25, 0.3) is 0 Å². The van der Waals surface area contributed by atoms with E-state index in [9.17, 15) is 0 Å². The zero-order valence-electron chi connectivity index (χ0n) is 10.3. The van der Waals surface area contributed by atoms with E-state index in [0.29, 0.717) is 5.15 Å². The van der Waals surface area contributed by atoms with Crippen LogP contribution in [0.15, 0.2) is 6.07 Å². The van der Waals surface area contributed by atoms with Gasteiger partial charge >= 0.3 is 0 Å². The SMILES string of the molecule is CCc1cc2c(Cl)nc(CC3CCCO3)nc2s1. The summed E-state index contributed by atoms with van der Waals surface area (Å²) in [6.45, 7) is 3.00. The molecule has 96 valence electrons. The van der Waals surface area contributed by atoms with E-state index in [0.717, 1.165) is 48.3 Å². The quantitative estimate of drug-likeness (QED) is 0.807. The standard InChI is InChI=1S/C13H15ClN2OS/c1-2-9-7-10-12(14)15-11(16-13(10)18-9)6-8-4-3-5-17-8/h7-8H,2-6H2,1H3. The monoisotopic (exact) mass is 282 g/mol. The molecule has 3 heterocycles. The third-order valence-corrected chi connectivity index (χ3v) is 4.69. The third-order valence-electron chi connectivity index (χ3n) is 3.23. The maximum atomic E-state index is 6.23.